The van der Waals surface area contributed by atoms with Gasteiger partial charge in [0.05, 0.1) is 5.71 Å². The van der Waals surface area contributed by atoms with E-state index in [4.69, 9.17) is 9.47 Å². The molecular weight excluding hydrogens is 491 g/mol. The molecule has 2 aliphatic heterocycles. The van der Waals surface area contributed by atoms with Gasteiger partial charge in [-0.25, -0.2) is 14.2 Å². The Morgan fingerprint density at radius 2 is 1.89 bits per heavy atom. The summed E-state index contributed by atoms with van der Waals surface area (Å²) in [6.07, 6.45) is 0.0240. The molecule has 3 amide bonds. The van der Waals surface area contributed by atoms with Gasteiger partial charge in [-0.05, 0) is 44.9 Å². The number of halogens is 1. The van der Waals surface area contributed by atoms with Crippen LogP contribution in [0.2, 0.25) is 0 Å². The maximum atomic E-state index is 13.8. The minimum atomic E-state index is -1.13. The van der Waals surface area contributed by atoms with Crippen LogP contribution in [-0.4, -0.2) is 71.9 Å². The molecule has 38 heavy (non-hydrogen) atoms. The van der Waals surface area contributed by atoms with E-state index in [-0.39, 0.29) is 24.8 Å². The molecule has 0 aliphatic carbocycles. The van der Waals surface area contributed by atoms with Crippen LogP contribution in [0.4, 0.5) is 9.18 Å². The van der Waals surface area contributed by atoms with Gasteiger partial charge in [-0.1, -0.05) is 36.4 Å². The predicted octanol–water partition coefficient (Wildman–Crippen LogP) is 3.39. The van der Waals surface area contributed by atoms with Crippen molar-refractivity contribution in [1.82, 2.24) is 15.2 Å². The Labute approximate surface area is 221 Å². The molecule has 202 valence electrons. The van der Waals surface area contributed by atoms with Crippen LogP contribution in [0.5, 0.6) is 5.75 Å². The van der Waals surface area contributed by atoms with Gasteiger partial charge in [0.1, 0.15) is 35.2 Å². The van der Waals surface area contributed by atoms with E-state index < -0.39 is 34.9 Å². The van der Waals surface area contributed by atoms with Crippen molar-refractivity contribution >= 4 is 23.6 Å². The number of hydrazone groups is 1. The number of benzene rings is 2. The Kier molecular flexibility index (Phi) is 7.71. The molecule has 9 nitrogen and oxygen atoms in total. The average molecular weight is 525 g/mol. The lowest BCUT2D eigenvalue weighted by Gasteiger charge is -2.40. The van der Waals surface area contributed by atoms with Gasteiger partial charge < -0.3 is 19.7 Å². The monoisotopic (exact) mass is 524 g/mol. The molecule has 0 unspecified atom stereocenters. The summed E-state index contributed by atoms with van der Waals surface area (Å²) in [4.78, 5) is 41.4. The van der Waals surface area contributed by atoms with Gasteiger partial charge in [-0.3, -0.25) is 9.59 Å². The molecular formula is C28H33FN4O5. The Bertz CT molecular complexity index is 1230. The third-order valence-electron chi connectivity index (χ3n) is 6.47. The number of piperidine rings is 1. The van der Waals surface area contributed by atoms with Crippen LogP contribution < -0.4 is 10.1 Å². The van der Waals surface area contributed by atoms with Gasteiger partial charge in [0.2, 0.25) is 5.91 Å². The van der Waals surface area contributed by atoms with Crippen molar-refractivity contribution in [3.8, 4) is 5.75 Å². The maximum absolute atomic E-state index is 13.8. The number of amides is 3. The van der Waals surface area contributed by atoms with Crippen molar-refractivity contribution < 1.29 is 28.2 Å². The third-order valence-corrected chi connectivity index (χ3v) is 6.47. The topological polar surface area (TPSA) is 101 Å². The molecule has 0 bridgehead atoms. The van der Waals surface area contributed by atoms with Crippen LogP contribution >= 0.6 is 0 Å². The van der Waals surface area contributed by atoms with Gasteiger partial charge in [0.25, 0.3) is 5.91 Å². The van der Waals surface area contributed by atoms with Crippen LogP contribution in [0.25, 0.3) is 0 Å². The SMILES string of the molecule is CN1N=C2CCN(C(=O)[C@@H](COc3cccc(F)c3)NC(=O)OC(C)(C)C)C[C@@]2(Cc2ccccc2)C1=O. The molecule has 2 heterocycles. The molecule has 2 aromatic rings. The summed E-state index contributed by atoms with van der Waals surface area (Å²) in [5.41, 5.74) is -0.0798. The fourth-order valence-electron chi connectivity index (χ4n) is 4.80. The number of hydrogen-bond acceptors (Lipinski definition) is 6. The average Bonchev–Trinajstić information content (AvgIpc) is 3.10. The zero-order valence-electron chi connectivity index (χ0n) is 22.1. The molecule has 1 N–H and O–H groups in total. The summed E-state index contributed by atoms with van der Waals surface area (Å²) in [5, 5.41) is 8.43. The molecule has 2 atom stereocenters. The van der Waals surface area contributed by atoms with Crippen molar-refractivity contribution in [2.24, 2.45) is 10.5 Å². The van der Waals surface area contributed by atoms with Gasteiger partial charge >= 0.3 is 6.09 Å². The van der Waals surface area contributed by atoms with Gasteiger partial charge in [-0.2, -0.15) is 5.10 Å². The Morgan fingerprint density at radius 3 is 2.58 bits per heavy atom. The molecule has 0 spiro atoms. The van der Waals surface area contributed by atoms with Crippen molar-refractivity contribution in [1.29, 1.82) is 0 Å². The standard InChI is InChI=1S/C28H33FN4O5/c1-27(2,3)38-26(36)30-22(17-37-21-12-8-11-20(29)15-21)24(34)33-14-13-23-28(18-33,25(35)32(4)31-23)16-19-9-6-5-7-10-19/h5-12,15,22H,13-14,16-18H2,1-4H3,(H,30,36)/t22-,28-/m1/s1. The minimum Gasteiger partial charge on any atom is -0.491 e. The van der Waals surface area contributed by atoms with Crippen molar-refractivity contribution in [2.45, 2.75) is 45.3 Å². The highest BCUT2D eigenvalue weighted by molar-refractivity contribution is 6.13. The van der Waals surface area contributed by atoms with E-state index in [1.807, 2.05) is 30.3 Å². The lowest BCUT2D eigenvalue weighted by atomic mass is 9.73. The second kappa shape index (κ2) is 10.8. The van der Waals surface area contributed by atoms with Gasteiger partial charge in [0.15, 0.2) is 0 Å². The van der Waals surface area contributed by atoms with Crippen LogP contribution in [-0.2, 0) is 20.7 Å². The first-order valence-electron chi connectivity index (χ1n) is 12.5. The molecule has 0 saturated carbocycles. The predicted molar refractivity (Wildman–Crippen MR) is 139 cm³/mol. The minimum absolute atomic E-state index is 0.106. The molecule has 2 aromatic carbocycles. The fraction of sp³-hybridized carbons (Fsp3) is 0.429. The van der Waals surface area contributed by atoms with E-state index in [0.29, 0.717) is 19.4 Å². The molecule has 1 saturated heterocycles. The van der Waals surface area contributed by atoms with Gasteiger partial charge in [0, 0.05) is 32.6 Å². The third kappa shape index (κ3) is 6.12. The largest absolute Gasteiger partial charge is 0.491 e. The smallest absolute Gasteiger partial charge is 0.408 e. The first-order valence-corrected chi connectivity index (χ1v) is 12.5. The number of alkyl carbamates (subject to hydrolysis) is 1. The molecule has 1 fully saturated rings. The highest BCUT2D eigenvalue weighted by Crippen LogP contribution is 2.38. The Hall–Kier alpha value is -3.95. The summed E-state index contributed by atoms with van der Waals surface area (Å²) in [6, 6.07) is 14.0. The van der Waals surface area contributed by atoms with Crippen LogP contribution in [0.3, 0.4) is 0 Å². The van der Waals surface area contributed by atoms with E-state index >= 15 is 0 Å². The molecule has 4 rings (SSSR count). The number of rotatable bonds is 7. The van der Waals surface area contributed by atoms with E-state index in [9.17, 15) is 18.8 Å². The molecule has 0 aromatic heterocycles. The first kappa shape index (κ1) is 27.1. The molecule has 0 radical (unpaired) electrons. The lowest BCUT2D eigenvalue weighted by Crippen LogP contribution is -2.60. The summed E-state index contributed by atoms with van der Waals surface area (Å²) < 4.78 is 24.7. The fourth-order valence-corrected chi connectivity index (χ4v) is 4.80. The van der Waals surface area contributed by atoms with Crippen molar-refractivity contribution in [2.75, 3.05) is 26.7 Å². The normalized spacial score (nSPS) is 19.9. The Balaban J connectivity index is 1.57. The van der Waals surface area contributed by atoms with Crippen LogP contribution in [0.15, 0.2) is 59.7 Å². The summed E-state index contributed by atoms with van der Waals surface area (Å²) in [6.45, 7) is 5.32. The zero-order valence-corrected chi connectivity index (χ0v) is 22.1. The zero-order chi connectivity index (χ0) is 27.5. The van der Waals surface area contributed by atoms with Crippen LogP contribution in [0.1, 0.15) is 32.8 Å². The number of likely N-dealkylation sites (tertiary alicyclic amines) is 1. The second-order valence-corrected chi connectivity index (χ2v) is 10.6. The molecule has 10 heteroatoms. The van der Waals surface area contributed by atoms with E-state index in [1.165, 1.54) is 23.2 Å². The van der Waals surface area contributed by atoms with Gasteiger partial charge in [-0.15, -0.1) is 0 Å². The lowest BCUT2D eigenvalue weighted by molar-refractivity contribution is -0.141. The first-order chi connectivity index (χ1) is 18.0. The number of nitrogens with one attached hydrogen (secondary N) is 1. The highest BCUT2D eigenvalue weighted by Gasteiger charge is 2.54. The highest BCUT2D eigenvalue weighted by atomic mass is 19.1. The summed E-state index contributed by atoms with van der Waals surface area (Å²) >= 11 is 0. The maximum Gasteiger partial charge on any atom is 0.408 e. The van der Waals surface area contributed by atoms with E-state index in [0.717, 1.165) is 11.3 Å². The Morgan fingerprint density at radius 1 is 1.16 bits per heavy atom. The second-order valence-electron chi connectivity index (χ2n) is 10.6. The number of nitrogens with zero attached hydrogens (tertiary/aromatic N) is 3. The summed E-state index contributed by atoms with van der Waals surface area (Å²) in [5.74, 6) is -0.877. The van der Waals surface area contributed by atoms with Crippen molar-refractivity contribution in [3.63, 3.8) is 0 Å². The summed E-state index contributed by atoms with van der Waals surface area (Å²) in [7, 11) is 1.62. The number of carbonyl (C=O) groups excluding carboxylic acids is 3. The van der Waals surface area contributed by atoms with Crippen molar-refractivity contribution in [3.05, 3.63) is 66.0 Å². The van der Waals surface area contributed by atoms with E-state index in [1.54, 1.807) is 38.8 Å². The van der Waals surface area contributed by atoms with E-state index in [2.05, 4.69) is 10.4 Å². The molecule has 2 aliphatic rings. The number of ether oxygens (including phenoxy) is 2. The number of hydrogen-bond donors (Lipinski definition) is 1. The van der Waals surface area contributed by atoms with Crippen LogP contribution in [0, 0.1) is 11.2 Å². The number of carbonyl (C=O) groups is 3. The number of fused-ring (bicyclic) bond motifs is 1. The quantitative estimate of drug-likeness (QED) is 0.599.